The van der Waals surface area contributed by atoms with Crippen LogP contribution in [-0.2, 0) is 25.0 Å². The topological polar surface area (TPSA) is 129 Å². The van der Waals surface area contributed by atoms with Crippen molar-refractivity contribution in [3.63, 3.8) is 0 Å². The Kier molecular flexibility index (Phi) is 10.6. The van der Waals surface area contributed by atoms with Gasteiger partial charge in [0, 0.05) is 5.39 Å². The summed E-state index contributed by atoms with van der Waals surface area (Å²) in [7, 11) is -8.51. The van der Waals surface area contributed by atoms with Gasteiger partial charge in [-0.05, 0) is 28.3 Å². The van der Waals surface area contributed by atoms with Gasteiger partial charge in [-0.25, -0.2) is 8.42 Å². The van der Waals surface area contributed by atoms with Gasteiger partial charge in [0.05, 0.1) is 4.90 Å². The van der Waals surface area contributed by atoms with Crippen LogP contribution in [0.5, 0.6) is 0 Å². The Labute approximate surface area is 223 Å². The zero-order valence-corrected chi connectivity index (χ0v) is 21.3. The Hall–Kier alpha value is -1.47. The van der Waals surface area contributed by atoms with E-state index in [1.54, 1.807) is 66.7 Å². The molecule has 10 heteroatoms. The van der Waals surface area contributed by atoms with Gasteiger partial charge < -0.3 is 9.35 Å². The fourth-order valence-corrected chi connectivity index (χ4v) is 4.25. The first-order chi connectivity index (χ1) is 14.2. The summed E-state index contributed by atoms with van der Waals surface area (Å²) < 4.78 is 63.6. The zero-order valence-electron chi connectivity index (χ0n) is 16.5. The van der Waals surface area contributed by atoms with Crippen molar-refractivity contribution in [2.24, 2.45) is 0 Å². The number of carbonyl (C=O) groups excluding carboxylic acids is 1. The van der Waals surface area contributed by atoms with Gasteiger partial charge in [-0.3, -0.25) is 4.55 Å². The van der Waals surface area contributed by atoms with Crippen molar-refractivity contribution in [3.05, 3.63) is 84.9 Å². The minimum atomic E-state index is -4.38. The smallest absolute Gasteiger partial charge is 0.744 e. The van der Waals surface area contributed by atoms with E-state index in [1.165, 1.54) is 12.1 Å². The van der Waals surface area contributed by atoms with E-state index in [1.807, 2.05) is 12.9 Å². The largest absolute Gasteiger partial charge is 1.00 e. The number of rotatable bonds is 2. The molecule has 0 fully saturated rings. The molecule has 0 saturated carbocycles. The molecule has 0 bridgehead atoms. The second-order valence-corrected chi connectivity index (χ2v) is 8.62. The third-order valence-corrected chi connectivity index (χ3v) is 5.85. The van der Waals surface area contributed by atoms with Crippen LogP contribution in [-0.4, -0.2) is 32.7 Å². The number of benzene rings is 4. The van der Waals surface area contributed by atoms with Crippen molar-refractivity contribution in [1.82, 2.24) is 0 Å². The number of carbonyl (C=O) groups is 1. The summed E-state index contributed by atoms with van der Waals surface area (Å²) in [6, 6.07) is 23.3. The number of hydrogen-bond donors (Lipinski definition) is 1. The summed E-state index contributed by atoms with van der Waals surface area (Å²) in [4.78, 5) is 7.80. The number of hydrogen-bond acceptors (Lipinski definition) is 6. The molecule has 4 aromatic carbocycles. The van der Waals surface area contributed by atoms with Crippen LogP contribution in [0.1, 0.15) is 0 Å². The monoisotopic (exact) mass is 484 g/mol. The Morgan fingerprint density at radius 2 is 0.968 bits per heavy atom. The Bertz CT molecular complexity index is 1270. The first kappa shape index (κ1) is 27.6. The van der Waals surface area contributed by atoms with Gasteiger partial charge in [0.1, 0.15) is 21.8 Å². The van der Waals surface area contributed by atoms with Crippen LogP contribution < -0.4 is 51.4 Å². The minimum absolute atomic E-state index is 0. The van der Waals surface area contributed by atoms with Crippen molar-refractivity contribution < 1.29 is 82.1 Å². The molecular formula is C21H17KO7S2. The van der Waals surface area contributed by atoms with Gasteiger partial charge >= 0.3 is 51.4 Å². The van der Waals surface area contributed by atoms with Gasteiger partial charge in [0.15, 0.2) is 0 Å². The standard InChI is InChI=1S/2C10H8O3S.CH2O.K/c2*11-14(12,13)10-7-3-5-8-4-1-2-6-9(8)10;1-2;/h2*1-7H,(H,11,12,13);1H2;/q;;;+1/p-1. The molecule has 0 unspecified atom stereocenters. The molecule has 4 aromatic rings. The summed E-state index contributed by atoms with van der Waals surface area (Å²) >= 11 is 0. The first-order valence-electron chi connectivity index (χ1n) is 8.36. The molecule has 1 N–H and O–H groups in total. The predicted molar refractivity (Wildman–Crippen MR) is 113 cm³/mol. The van der Waals surface area contributed by atoms with E-state index in [4.69, 9.17) is 9.35 Å². The van der Waals surface area contributed by atoms with Crippen molar-refractivity contribution in [2.45, 2.75) is 9.79 Å². The molecular weight excluding hydrogens is 467 g/mol. The normalized spacial score (nSPS) is 10.8. The van der Waals surface area contributed by atoms with Gasteiger partial charge in [-0.2, -0.15) is 8.42 Å². The van der Waals surface area contributed by atoms with E-state index in [2.05, 4.69) is 0 Å². The quantitative estimate of drug-likeness (QED) is 0.327. The zero-order chi connectivity index (χ0) is 22.4. The molecule has 0 aliphatic carbocycles. The van der Waals surface area contributed by atoms with Crippen molar-refractivity contribution in [3.8, 4) is 0 Å². The summed E-state index contributed by atoms with van der Waals surface area (Å²) in [6.45, 7) is 2.00. The fourth-order valence-electron chi connectivity index (χ4n) is 2.83. The molecule has 0 aromatic heterocycles. The maximum absolute atomic E-state index is 11.0. The maximum Gasteiger partial charge on any atom is 1.00 e. The molecule has 0 aliphatic rings. The SMILES string of the molecule is C=O.O=S(=O)(O)c1cccc2ccccc12.O=S(=O)([O-])c1cccc2ccccc12.[K+]. The third-order valence-electron chi connectivity index (χ3n) is 4.05. The second-order valence-electron chi connectivity index (χ2n) is 5.88. The molecule has 0 aliphatic heterocycles. The fraction of sp³-hybridized carbons (Fsp3) is 0. The van der Waals surface area contributed by atoms with Crippen LogP contribution in [0.25, 0.3) is 21.5 Å². The van der Waals surface area contributed by atoms with Gasteiger partial charge in [0.25, 0.3) is 10.1 Å². The van der Waals surface area contributed by atoms with Crippen LogP contribution in [0.4, 0.5) is 0 Å². The van der Waals surface area contributed by atoms with Crippen LogP contribution in [0.2, 0.25) is 0 Å². The summed E-state index contributed by atoms with van der Waals surface area (Å²) in [5.74, 6) is 0. The summed E-state index contributed by atoms with van der Waals surface area (Å²) in [5.41, 5.74) is 0. The van der Waals surface area contributed by atoms with Crippen LogP contribution >= 0.6 is 0 Å². The first-order valence-corrected chi connectivity index (χ1v) is 11.2. The summed E-state index contributed by atoms with van der Waals surface area (Å²) in [5, 5.41) is 2.56. The van der Waals surface area contributed by atoms with E-state index in [-0.39, 0.29) is 61.2 Å². The molecule has 4 rings (SSSR count). The maximum atomic E-state index is 11.0. The van der Waals surface area contributed by atoms with Crippen molar-refractivity contribution >= 4 is 48.6 Å². The average molecular weight is 485 g/mol. The van der Waals surface area contributed by atoms with E-state index >= 15 is 0 Å². The van der Waals surface area contributed by atoms with E-state index < -0.39 is 20.2 Å². The van der Waals surface area contributed by atoms with E-state index in [0.717, 1.165) is 10.8 Å². The Morgan fingerprint density at radius 1 is 0.613 bits per heavy atom. The number of fused-ring (bicyclic) bond motifs is 2. The summed E-state index contributed by atoms with van der Waals surface area (Å²) in [6.07, 6.45) is 0. The molecule has 0 spiro atoms. The van der Waals surface area contributed by atoms with Gasteiger partial charge in [-0.15, -0.1) is 0 Å². The van der Waals surface area contributed by atoms with Crippen molar-refractivity contribution in [1.29, 1.82) is 0 Å². The molecule has 0 saturated heterocycles. The molecule has 0 atom stereocenters. The van der Waals surface area contributed by atoms with Crippen LogP contribution in [0, 0.1) is 0 Å². The van der Waals surface area contributed by atoms with E-state index in [9.17, 15) is 21.4 Å². The molecule has 0 heterocycles. The Balaban J connectivity index is 0.000000279. The average Bonchev–Trinajstić information content (AvgIpc) is 2.73. The van der Waals surface area contributed by atoms with Crippen LogP contribution in [0.3, 0.4) is 0 Å². The molecule has 0 radical (unpaired) electrons. The van der Waals surface area contributed by atoms with Gasteiger partial charge in [-0.1, -0.05) is 72.8 Å². The predicted octanol–water partition coefficient (Wildman–Crippen LogP) is 0.650. The third kappa shape index (κ3) is 7.28. The molecule has 0 amide bonds. The molecule has 7 nitrogen and oxygen atoms in total. The van der Waals surface area contributed by atoms with Gasteiger partial charge in [0.2, 0.25) is 0 Å². The second kappa shape index (κ2) is 12.0. The molecule has 31 heavy (non-hydrogen) atoms. The van der Waals surface area contributed by atoms with E-state index in [0.29, 0.717) is 10.8 Å². The molecule has 156 valence electrons. The van der Waals surface area contributed by atoms with Crippen molar-refractivity contribution in [2.75, 3.05) is 0 Å². The van der Waals surface area contributed by atoms with Crippen LogP contribution in [0.15, 0.2) is 94.7 Å². The minimum Gasteiger partial charge on any atom is -0.744 e. The Morgan fingerprint density at radius 3 is 1.39 bits per heavy atom.